The maximum atomic E-state index is 12.4. The Morgan fingerprint density at radius 3 is 2.57 bits per heavy atom. The van der Waals surface area contributed by atoms with Crippen molar-refractivity contribution in [1.29, 1.82) is 0 Å². The fraction of sp³-hybridized carbons (Fsp3) is 0.571. The van der Waals surface area contributed by atoms with Crippen LogP contribution in [0.5, 0.6) is 0 Å². The lowest BCUT2D eigenvalue weighted by Crippen LogP contribution is -2.47. The molecule has 1 aliphatic rings. The number of alkyl carbamates (subject to hydrolysis) is 1. The number of amides is 2. The van der Waals surface area contributed by atoms with E-state index in [1.807, 2.05) is 30.3 Å². The number of aliphatic carboxylic acids is 1. The highest BCUT2D eigenvalue weighted by molar-refractivity contribution is 5.80. The second-order valence-corrected chi connectivity index (χ2v) is 8.10. The quantitative estimate of drug-likeness (QED) is 0.662. The second kappa shape index (κ2) is 10.8. The summed E-state index contributed by atoms with van der Waals surface area (Å²) >= 11 is 0. The number of benzene rings is 1. The number of carboxylic acids is 1. The highest BCUT2D eigenvalue weighted by Crippen LogP contribution is 2.19. The minimum absolute atomic E-state index is 0.153. The number of nitrogens with zero attached hydrogens (tertiary/aromatic N) is 1. The standard InChI is InChI=1S/C21H30N2O7/c1-21(2,3)30-19(26)22-17(18(24)25)14-28-13-16-10-7-11-23(16)20(27)29-12-15-8-5-4-6-9-15/h4-6,8-9,16-17H,7,10-14H2,1-3H3,(H,22,26)(H,24,25)/t16-,17?/m0/s1. The molecule has 0 aromatic heterocycles. The van der Waals surface area contributed by atoms with Crippen molar-refractivity contribution in [3.05, 3.63) is 35.9 Å². The molecule has 1 unspecified atom stereocenters. The first-order valence-corrected chi connectivity index (χ1v) is 9.93. The summed E-state index contributed by atoms with van der Waals surface area (Å²) in [6, 6.07) is 7.94. The maximum Gasteiger partial charge on any atom is 0.410 e. The fourth-order valence-electron chi connectivity index (χ4n) is 3.00. The molecule has 166 valence electrons. The Kier molecular flexibility index (Phi) is 8.46. The largest absolute Gasteiger partial charge is 0.480 e. The van der Waals surface area contributed by atoms with Gasteiger partial charge in [-0.05, 0) is 39.2 Å². The smallest absolute Gasteiger partial charge is 0.410 e. The number of nitrogens with one attached hydrogen (secondary N) is 1. The van der Waals surface area contributed by atoms with Crippen molar-refractivity contribution >= 4 is 18.2 Å². The molecular weight excluding hydrogens is 392 g/mol. The Balaban J connectivity index is 1.79. The zero-order valence-corrected chi connectivity index (χ0v) is 17.6. The highest BCUT2D eigenvalue weighted by Gasteiger charge is 2.31. The molecule has 1 aromatic rings. The first-order valence-electron chi connectivity index (χ1n) is 9.93. The number of carbonyl (C=O) groups is 3. The lowest BCUT2D eigenvalue weighted by molar-refractivity contribution is -0.141. The zero-order valence-electron chi connectivity index (χ0n) is 17.6. The van der Waals surface area contributed by atoms with Gasteiger partial charge in [0.1, 0.15) is 12.2 Å². The molecule has 1 aromatic carbocycles. The van der Waals surface area contributed by atoms with Gasteiger partial charge in [0.05, 0.1) is 19.3 Å². The summed E-state index contributed by atoms with van der Waals surface area (Å²) in [5, 5.41) is 11.6. The molecule has 2 N–H and O–H groups in total. The van der Waals surface area contributed by atoms with Gasteiger partial charge in [-0.2, -0.15) is 0 Å². The van der Waals surface area contributed by atoms with Crippen molar-refractivity contribution in [1.82, 2.24) is 10.2 Å². The minimum atomic E-state index is -1.25. The third-order valence-corrected chi connectivity index (χ3v) is 4.40. The Bertz CT molecular complexity index is 718. The van der Waals surface area contributed by atoms with E-state index in [0.29, 0.717) is 6.54 Å². The number of carbonyl (C=O) groups excluding carboxylic acids is 2. The molecule has 0 aliphatic carbocycles. The average molecular weight is 422 g/mol. The molecule has 1 saturated heterocycles. The van der Waals surface area contributed by atoms with Crippen LogP contribution in [0.2, 0.25) is 0 Å². The normalized spacial score (nSPS) is 17.3. The molecule has 1 fully saturated rings. The number of likely N-dealkylation sites (tertiary alicyclic amines) is 1. The molecule has 0 radical (unpaired) electrons. The first-order chi connectivity index (χ1) is 14.2. The van der Waals surface area contributed by atoms with Crippen molar-refractivity contribution < 1.29 is 33.7 Å². The van der Waals surface area contributed by atoms with Gasteiger partial charge in [-0.15, -0.1) is 0 Å². The molecule has 2 atom stereocenters. The van der Waals surface area contributed by atoms with Crippen LogP contribution in [0.3, 0.4) is 0 Å². The Labute approximate surface area is 176 Å². The van der Waals surface area contributed by atoms with Crippen molar-refractivity contribution in [2.75, 3.05) is 19.8 Å². The van der Waals surface area contributed by atoms with Gasteiger partial charge in [-0.1, -0.05) is 30.3 Å². The summed E-state index contributed by atoms with van der Waals surface area (Å²) < 4.78 is 16.0. The van der Waals surface area contributed by atoms with Gasteiger partial charge in [0.15, 0.2) is 6.04 Å². The SMILES string of the molecule is CC(C)(C)OC(=O)NC(COC[C@@H]1CCCN1C(=O)OCc1ccccc1)C(=O)O. The third-order valence-electron chi connectivity index (χ3n) is 4.40. The Morgan fingerprint density at radius 1 is 1.23 bits per heavy atom. The monoisotopic (exact) mass is 422 g/mol. The van der Waals surface area contributed by atoms with Crippen molar-refractivity contribution in [3.63, 3.8) is 0 Å². The summed E-state index contributed by atoms with van der Waals surface area (Å²) in [5.74, 6) is -1.23. The van der Waals surface area contributed by atoms with Gasteiger partial charge < -0.3 is 29.5 Å². The molecule has 1 aliphatic heterocycles. The van der Waals surface area contributed by atoms with E-state index in [2.05, 4.69) is 5.32 Å². The molecule has 2 rings (SSSR count). The number of carboxylic acid groups (broad SMARTS) is 1. The summed E-state index contributed by atoms with van der Waals surface area (Å²) in [5.41, 5.74) is 0.161. The lowest BCUT2D eigenvalue weighted by Gasteiger charge is -2.25. The van der Waals surface area contributed by atoms with Crippen LogP contribution < -0.4 is 5.32 Å². The van der Waals surface area contributed by atoms with Gasteiger partial charge in [0, 0.05) is 6.54 Å². The van der Waals surface area contributed by atoms with Gasteiger partial charge in [0.25, 0.3) is 0 Å². The van der Waals surface area contributed by atoms with Gasteiger partial charge in [-0.25, -0.2) is 14.4 Å². The number of hydrogen-bond acceptors (Lipinski definition) is 6. The molecule has 0 spiro atoms. The summed E-state index contributed by atoms with van der Waals surface area (Å²) in [6.45, 7) is 5.71. The van der Waals surface area contributed by atoms with Gasteiger partial charge >= 0.3 is 18.2 Å². The Hall–Kier alpha value is -2.81. The number of ether oxygens (including phenoxy) is 3. The number of hydrogen-bond donors (Lipinski definition) is 2. The Morgan fingerprint density at radius 2 is 1.93 bits per heavy atom. The second-order valence-electron chi connectivity index (χ2n) is 8.10. The van der Waals surface area contributed by atoms with Crippen LogP contribution in [0.4, 0.5) is 9.59 Å². The molecule has 1 heterocycles. The van der Waals surface area contributed by atoms with Crippen LogP contribution >= 0.6 is 0 Å². The third kappa shape index (κ3) is 7.90. The predicted molar refractivity (Wildman–Crippen MR) is 108 cm³/mol. The van der Waals surface area contributed by atoms with Crippen LogP contribution in [0.1, 0.15) is 39.2 Å². The molecule has 2 amide bonds. The van der Waals surface area contributed by atoms with Crippen molar-refractivity contribution in [2.45, 2.75) is 57.9 Å². The van der Waals surface area contributed by atoms with Gasteiger partial charge in [0.2, 0.25) is 0 Å². The van der Waals surface area contributed by atoms with Crippen molar-refractivity contribution in [2.24, 2.45) is 0 Å². The van der Waals surface area contributed by atoms with E-state index >= 15 is 0 Å². The van der Waals surface area contributed by atoms with Crippen LogP contribution in [0.15, 0.2) is 30.3 Å². The summed E-state index contributed by atoms with van der Waals surface area (Å²) in [6.07, 6.45) is 0.294. The minimum Gasteiger partial charge on any atom is -0.480 e. The van der Waals surface area contributed by atoms with Crippen LogP contribution in [0.25, 0.3) is 0 Å². The van der Waals surface area contributed by atoms with E-state index in [4.69, 9.17) is 14.2 Å². The van der Waals surface area contributed by atoms with E-state index < -0.39 is 29.8 Å². The van der Waals surface area contributed by atoms with Crippen LogP contribution in [0, 0.1) is 0 Å². The van der Waals surface area contributed by atoms with E-state index in [9.17, 15) is 19.5 Å². The zero-order chi connectivity index (χ0) is 22.1. The number of rotatable bonds is 8. The fourth-order valence-corrected chi connectivity index (χ4v) is 3.00. The molecule has 9 heteroatoms. The van der Waals surface area contributed by atoms with E-state index in [1.54, 1.807) is 25.7 Å². The predicted octanol–water partition coefficient (Wildman–Crippen LogP) is 2.78. The summed E-state index contributed by atoms with van der Waals surface area (Å²) in [7, 11) is 0. The van der Waals surface area contributed by atoms with Gasteiger partial charge in [-0.3, -0.25) is 0 Å². The molecular formula is C21H30N2O7. The van der Waals surface area contributed by atoms with E-state index in [0.717, 1.165) is 18.4 Å². The van der Waals surface area contributed by atoms with Crippen LogP contribution in [-0.2, 0) is 25.6 Å². The van der Waals surface area contributed by atoms with E-state index in [-0.39, 0.29) is 25.9 Å². The highest BCUT2D eigenvalue weighted by atomic mass is 16.6. The first kappa shape index (κ1) is 23.5. The molecule has 0 bridgehead atoms. The molecule has 0 saturated carbocycles. The average Bonchev–Trinajstić information content (AvgIpc) is 3.13. The van der Waals surface area contributed by atoms with E-state index in [1.165, 1.54) is 0 Å². The summed E-state index contributed by atoms with van der Waals surface area (Å²) in [4.78, 5) is 37.2. The molecule has 9 nitrogen and oxygen atoms in total. The maximum absolute atomic E-state index is 12.4. The lowest BCUT2D eigenvalue weighted by atomic mass is 10.2. The van der Waals surface area contributed by atoms with Crippen molar-refractivity contribution in [3.8, 4) is 0 Å². The molecule has 30 heavy (non-hydrogen) atoms. The van der Waals surface area contributed by atoms with Crippen LogP contribution in [-0.4, -0.2) is 65.6 Å². The topological polar surface area (TPSA) is 114 Å².